The molecule has 6 heteroatoms. The second kappa shape index (κ2) is 7.68. The van der Waals surface area contributed by atoms with Crippen molar-refractivity contribution >= 4 is 17.5 Å². The van der Waals surface area contributed by atoms with E-state index in [4.69, 9.17) is 0 Å². The summed E-state index contributed by atoms with van der Waals surface area (Å²) in [7, 11) is 0. The van der Waals surface area contributed by atoms with Crippen molar-refractivity contribution in [3.63, 3.8) is 0 Å². The highest BCUT2D eigenvalue weighted by Gasteiger charge is 2.14. The third kappa shape index (κ3) is 4.87. The van der Waals surface area contributed by atoms with Gasteiger partial charge in [0.2, 0.25) is 11.8 Å². The molecule has 0 aliphatic carbocycles. The van der Waals surface area contributed by atoms with Crippen LogP contribution in [0.25, 0.3) is 0 Å². The fraction of sp³-hybridized carbons (Fsp3) is 0.222. The Balaban J connectivity index is 1.96. The van der Waals surface area contributed by atoms with Crippen LogP contribution in [-0.2, 0) is 16.0 Å². The lowest BCUT2D eigenvalue weighted by molar-refractivity contribution is -0.121. The summed E-state index contributed by atoms with van der Waals surface area (Å²) in [5.74, 6) is -1.80. The van der Waals surface area contributed by atoms with Crippen LogP contribution in [0.5, 0.6) is 0 Å². The number of benzene rings is 2. The Bertz CT molecular complexity index is 745. The van der Waals surface area contributed by atoms with Crippen LogP contribution in [0, 0.1) is 11.6 Å². The molecule has 126 valence electrons. The average Bonchev–Trinajstić information content (AvgIpc) is 2.48. The molecule has 0 heterocycles. The van der Waals surface area contributed by atoms with Crippen LogP contribution in [0.4, 0.5) is 14.5 Å². The van der Waals surface area contributed by atoms with Gasteiger partial charge in [0.25, 0.3) is 0 Å². The summed E-state index contributed by atoms with van der Waals surface area (Å²) in [6.45, 7) is 3.05. The highest BCUT2D eigenvalue weighted by atomic mass is 19.1. The molecule has 2 rings (SSSR count). The van der Waals surface area contributed by atoms with Crippen molar-refractivity contribution in [3.8, 4) is 0 Å². The summed E-state index contributed by atoms with van der Waals surface area (Å²) in [4.78, 5) is 23.0. The summed E-state index contributed by atoms with van der Waals surface area (Å²) in [5, 5.41) is 5.32. The molecular weight excluding hydrogens is 314 g/mol. The maximum absolute atomic E-state index is 13.7. The first-order valence-corrected chi connectivity index (χ1v) is 7.46. The smallest absolute Gasteiger partial charge is 0.224 e. The van der Waals surface area contributed by atoms with E-state index in [0.717, 1.165) is 17.7 Å². The van der Waals surface area contributed by atoms with Crippen LogP contribution in [0.1, 0.15) is 31.0 Å². The van der Waals surface area contributed by atoms with E-state index in [1.54, 1.807) is 31.2 Å². The second-order valence-corrected chi connectivity index (χ2v) is 5.51. The number of halogens is 2. The van der Waals surface area contributed by atoms with E-state index in [1.807, 2.05) is 0 Å². The summed E-state index contributed by atoms with van der Waals surface area (Å²) >= 11 is 0. The van der Waals surface area contributed by atoms with Crippen molar-refractivity contribution in [3.05, 3.63) is 65.2 Å². The Labute approximate surface area is 138 Å². The van der Waals surface area contributed by atoms with Gasteiger partial charge in [-0.25, -0.2) is 8.78 Å². The zero-order chi connectivity index (χ0) is 17.7. The van der Waals surface area contributed by atoms with E-state index in [1.165, 1.54) is 13.0 Å². The van der Waals surface area contributed by atoms with Gasteiger partial charge in [0.05, 0.1) is 12.5 Å². The molecule has 0 radical (unpaired) electrons. The van der Waals surface area contributed by atoms with Crippen molar-refractivity contribution in [1.82, 2.24) is 5.32 Å². The zero-order valence-electron chi connectivity index (χ0n) is 13.4. The van der Waals surface area contributed by atoms with Gasteiger partial charge in [-0.1, -0.05) is 18.2 Å². The van der Waals surface area contributed by atoms with Gasteiger partial charge in [0.1, 0.15) is 11.6 Å². The van der Waals surface area contributed by atoms with Crippen molar-refractivity contribution in [2.24, 2.45) is 0 Å². The monoisotopic (exact) mass is 332 g/mol. The number of anilines is 1. The summed E-state index contributed by atoms with van der Waals surface area (Å²) in [5.41, 5.74) is 1.63. The maximum atomic E-state index is 13.7. The molecular formula is C18H18F2N2O2. The molecule has 2 amide bonds. The van der Waals surface area contributed by atoms with E-state index in [-0.39, 0.29) is 23.8 Å². The molecule has 0 bridgehead atoms. The van der Waals surface area contributed by atoms with Crippen molar-refractivity contribution < 1.29 is 18.4 Å². The fourth-order valence-corrected chi connectivity index (χ4v) is 2.32. The fourth-order valence-electron chi connectivity index (χ4n) is 2.32. The predicted molar refractivity (Wildman–Crippen MR) is 87.4 cm³/mol. The highest BCUT2D eigenvalue weighted by Crippen LogP contribution is 2.18. The van der Waals surface area contributed by atoms with Crippen molar-refractivity contribution in [1.29, 1.82) is 0 Å². The van der Waals surface area contributed by atoms with Crippen LogP contribution < -0.4 is 10.6 Å². The molecule has 4 nitrogen and oxygen atoms in total. The van der Waals surface area contributed by atoms with Crippen LogP contribution in [0.15, 0.2) is 42.5 Å². The van der Waals surface area contributed by atoms with Gasteiger partial charge in [0.15, 0.2) is 0 Å². The predicted octanol–water partition coefficient (Wildman–Crippen LogP) is 3.34. The number of nitrogens with one attached hydrogen (secondary N) is 2. The molecule has 0 unspecified atom stereocenters. The Morgan fingerprint density at radius 2 is 1.75 bits per heavy atom. The van der Waals surface area contributed by atoms with E-state index < -0.39 is 17.7 Å². The van der Waals surface area contributed by atoms with Crippen LogP contribution in [-0.4, -0.2) is 11.8 Å². The molecule has 2 N–H and O–H groups in total. The van der Waals surface area contributed by atoms with Crippen LogP contribution >= 0.6 is 0 Å². The number of amides is 2. The third-order valence-electron chi connectivity index (χ3n) is 3.45. The molecule has 0 saturated heterocycles. The average molecular weight is 332 g/mol. The lowest BCUT2D eigenvalue weighted by atomic mass is 10.1. The molecule has 0 spiro atoms. The van der Waals surface area contributed by atoms with Crippen LogP contribution in [0.2, 0.25) is 0 Å². The Morgan fingerprint density at radius 3 is 2.33 bits per heavy atom. The highest BCUT2D eigenvalue weighted by molar-refractivity contribution is 5.88. The van der Waals surface area contributed by atoms with Gasteiger partial charge in [-0.05, 0) is 30.7 Å². The molecule has 0 fully saturated rings. The molecule has 0 aliphatic heterocycles. The maximum Gasteiger partial charge on any atom is 0.224 e. The minimum absolute atomic E-state index is 0.119. The summed E-state index contributed by atoms with van der Waals surface area (Å²) in [6, 6.07) is 9.55. The Hall–Kier alpha value is -2.76. The normalized spacial score (nSPS) is 11.7. The first-order valence-electron chi connectivity index (χ1n) is 7.46. The van der Waals surface area contributed by atoms with E-state index >= 15 is 0 Å². The molecule has 2 aromatic carbocycles. The topological polar surface area (TPSA) is 58.2 Å². The first kappa shape index (κ1) is 17.6. The number of hydrogen-bond donors (Lipinski definition) is 2. The van der Waals surface area contributed by atoms with Gasteiger partial charge in [-0.3, -0.25) is 9.59 Å². The van der Waals surface area contributed by atoms with Crippen molar-refractivity contribution in [2.75, 3.05) is 5.32 Å². The number of carbonyl (C=O) groups excluding carboxylic acids is 2. The van der Waals surface area contributed by atoms with Crippen LogP contribution in [0.3, 0.4) is 0 Å². The van der Waals surface area contributed by atoms with Gasteiger partial charge < -0.3 is 10.6 Å². The molecule has 0 saturated carbocycles. The SMILES string of the molecule is CC(=O)Nc1ccc(CC(=O)N[C@@H](C)c2ccc(F)cc2F)cc1. The minimum Gasteiger partial charge on any atom is -0.349 e. The Kier molecular flexibility index (Phi) is 5.63. The van der Waals surface area contributed by atoms with Gasteiger partial charge in [0, 0.05) is 24.2 Å². The summed E-state index contributed by atoms with van der Waals surface area (Å²) in [6.07, 6.45) is 0.119. The van der Waals surface area contributed by atoms with Gasteiger partial charge >= 0.3 is 0 Å². The van der Waals surface area contributed by atoms with E-state index in [9.17, 15) is 18.4 Å². The quantitative estimate of drug-likeness (QED) is 0.882. The standard InChI is InChI=1S/C18H18F2N2O2/c1-11(16-8-5-14(19)10-17(16)20)21-18(24)9-13-3-6-15(7-4-13)22-12(2)23/h3-8,10-11H,9H2,1-2H3,(H,21,24)(H,22,23)/t11-/m0/s1. The minimum atomic E-state index is -0.692. The number of hydrogen-bond acceptors (Lipinski definition) is 2. The zero-order valence-corrected chi connectivity index (χ0v) is 13.4. The Morgan fingerprint density at radius 1 is 1.08 bits per heavy atom. The number of carbonyl (C=O) groups is 2. The van der Waals surface area contributed by atoms with Gasteiger partial charge in [-0.15, -0.1) is 0 Å². The third-order valence-corrected chi connectivity index (χ3v) is 3.45. The summed E-state index contributed by atoms with van der Waals surface area (Å²) < 4.78 is 26.6. The first-order chi connectivity index (χ1) is 11.3. The lowest BCUT2D eigenvalue weighted by Gasteiger charge is -2.15. The number of rotatable bonds is 5. The molecule has 24 heavy (non-hydrogen) atoms. The van der Waals surface area contributed by atoms with E-state index in [2.05, 4.69) is 10.6 Å². The second-order valence-electron chi connectivity index (χ2n) is 5.51. The molecule has 0 aliphatic rings. The van der Waals surface area contributed by atoms with Gasteiger partial charge in [-0.2, -0.15) is 0 Å². The largest absolute Gasteiger partial charge is 0.349 e. The lowest BCUT2D eigenvalue weighted by Crippen LogP contribution is -2.28. The molecule has 1 atom stereocenters. The molecule has 2 aromatic rings. The van der Waals surface area contributed by atoms with E-state index in [0.29, 0.717) is 5.69 Å². The van der Waals surface area contributed by atoms with Crippen molar-refractivity contribution in [2.45, 2.75) is 26.3 Å². The molecule has 0 aromatic heterocycles.